The Bertz CT molecular complexity index is 861. The minimum atomic E-state index is 0.614. The van der Waals surface area contributed by atoms with Gasteiger partial charge in [0.25, 0.3) is 0 Å². The number of hydrogen-bond donors (Lipinski definition) is 3. The van der Waals surface area contributed by atoms with Crippen LogP contribution in [-0.4, -0.2) is 30.6 Å². The first-order chi connectivity index (χ1) is 12.7. The van der Waals surface area contributed by atoms with E-state index in [9.17, 15) is 0 Å². The lowest BCUT2D eigenvalue weighted by atomic mass is 10.1. The normalized spacial score (nSPS) is 11.7. The Morgan fingerprint density at radius 3 is 2.69 bits per heavy atom. The van der Waals surface area contributed by atoms with Crippen LogP contribution in [0.4, 0.5) is 0 Å². The van der Waals surface area contributed by atoms with E-state index in [1.54, 1.807) is 6.26 Å². The molecule has 0 radical (unpaired) electrons. The largest absolute Gasteiger partial charge is 0.469 e. The molecule has 3 rings (SSSR count). The van der Waals surface area contributed by atoms with Gasteiger partial charge in [-0.25, -0.2) is 4.99 Å². The first kappa shape index (κ1) is 17.9. The maximum absolute atomic E-state index is 5.37. The molecule has 3 aromatic rings. The van der Waals surface area contributed by atoms with Crippen molar-refractivity contribution in [2.45, 2.75) is 19.8 Å². The number of furan rings is 1. The van der Waals surface area contributed by atoms with Crippen molar-refractivity contribution in [1.29, 1.82) is 0 Å². The molecule has 0 atom stereocenters. The second-order valence-corrected chi connectivity index (χ2v) is 6.41. The number of aliphatic imine (C=N–C) groups is 1. The maximum atomic E-state index is 5.37. The SMILES string of the molecule is C=C(C)CN=C(NCCc1ccco1)NCCc1c[nH]c2ccccc12. The Morgan fingerprint density at radius 2 is 1.92 bits per heavy atom. The van der Waals surface area contributed by atoms with Crippen molar-refractivity contribution < 1.29 is 4.42 Å². The predicted molar refractivity (Wildman–Crippen MR) is 108 cm³/mol. The summed E-state index contributed by atoms with van der Waals surface area (Å²) in [6.45, 7) is 8.09. The predicted octanol–water partition coefficient (Wildman–Crippen LogP) is 3.66. The molecule has 0 bridgehead atoms. The molecule has 2 heterocycles. The van der Waals surface area contributed by atoms with Gasteiger partial charge in [0.2, 0.25) is 0 Å². The van der Waals surface area contributed by atoms with Gasteiger partial charge in [-0.3, -0.25) is 0 Å². The molecule has 5 heteroatoms. The number of guanidine groups is 1. The molecule has 0 unspecified atom stereocenters. The number of nitrogens with one attached hydrogen (secondary N) is 3. The van der Waals surface area contributed by atoms with Gasteiger partial charge >= 0.3 is 0 Å². The summed E-state index contributed by atoms with van der Waals surface area (Å²) in [4.78, 5) is 7.90. The highest BCUT2D eigenvalue weighted by molar-refractivity contribution is 5.83. The van der Waals surface area contributed by atoms with Crippen LogP contribution in [0.25, 0.3) is 10.9 Å². The van der Waals surface area contributed by atoms with Crippen LogP contribution in [0.15, 0.2) is 70.4 Å². The Morgan fingerprint density at radius 1 is 1.12 bits per heavy atom. The van der Waals surface area contributed by atoms with Gasteiger partial charge in [-0.05, 0) is 37.1 Å². The van der Waals surface area contributed by atoms with Crippen LogP contribution in [0.2, 0.25) is 0 Å². The standard InChI is InChI=1S/C21H26N4O/c1-16(2)14-25-21(23-12-10-18-6-5-13-26-18)22-11-9-17-15-24-20-8-4-3-7-19(17)20/h3-8,13,15,24H,1,9-12,14H2,2H3,(H2,22,23,25). The monoisotopic (exact) mass is 350 g/mol. The van der Waals surface area contributed by atoms with Crippen LogP contribution < -0.4 is 10.6 Å². The topological polar surface area (TPSA) is 65.3 Å². The number of rotatable bonds is 8. The lowest BCUT2D eigenvalue weighted by Gasteiger charge is -2.12. The van der Waals surface area contributed by atoms with Crippen molar-refractivity contribution in [3.63, 3.8) is 0 Å². The number of aromatic amines is 1. The van der Waals surface area contributed by atoms with Gasteiger partial charge in [0.15, 0.2) is 5.96 Å². The lowest BCUT2D eigenvalue weighted by Crippen LogP contribution is -2.39. The van der Waals surface area contributed by atoms with Crippen molar-refractivity contribution in [3.8, 4) is 0 Å². The Kier molecular flexibility index (Phi) is 6.14. The zero-order chi connectivity index (χ0) is 18.2. The molecule has 2 aromatic heterocycles. The number of H-pyrrole nitrogens is 1. The van der Waals surface area contributed by atoms with E-state index in [1.807, 2.05) is 25.1 Å². The van der Waals surface area contributed by atoms with Crippen LogP contribution in [0.3, 0.4) is 0 Å². The summed E-state index contributed by atoms with van der Waals surface area (Å²) in [5.74, 6) is 1.77. The molecule has 0 aliphatic carbocycles. The van der Waals surface area contributed by atoms with E-state index in [0.717, 1.165) is 43.2 Å². The molecule has 0 amide bonds. The number of benzene rings is 1. The van der Waals surface area contributed by atoms with E-state index < -0.39 is 0 Å². The molecule has 0 saturated heterocycles. The Hall–Kier alpha value is -2.95. The summed E-state index contributed by atoms with van der Waals surface area (Å²) < 4.78 is 5.37. The lowest BCUT2D eigenvalue weighted by molar-refractivity contribution is 0.507. The van der Waals surface area contributed by atoms with Gasteiger partial charge in [-0.2, -0.15) is 0 Å². The fourth-order valence-corrected chi connectivity index (χ4v) is 2.80. The molecule has 1 aromatic carbocycles. The fourth-order valence-electron chi connectivity index (χ4n) is 2.80. The number of aromatic nitrogens is 1. The average Bonchev–Trinajstić information content (AvgIpc) is 3.29. The highest BCUT2D eigenvalue weighted by atomic mass is 16.3. The molecule has 3 N–H and O–H groups in total. The zero-order valence-electron chi connectivity index (χ0n) is 15.2. The van der Waals surface area contributed by atoms with E-state index >= 15 is 0 Å². The number of nitrogens with zero attached hydrogens (tertiary/aromatic N) is 1. The molecular weight excluding hydrogens is 324 g/mol. The maximum Gasteiger partial charge on any atom is 0.191 e. The smallest absolute Gasteiger partial charge is 0.191 e. The third kappa shape index (κ3) is 5.02. The van der Waals surface area contributed by atoms with E-state index in [2.05, 4.69) is 51.6 Å². The molecule has 0 fully saturated rings. The minimum Gasteiger partial charge on any atom is -0.469 e. The molecule has 0 saturated carbocycles. The van der Waals surface area contributed by atoms with Crippen LogP contribution in [-0.2, 0) is 12.8 Å². The van der Waals surface area contributed by atoms with Crippen molar-refractivity contribution in [2.75, 3.05) is 19.6 Å². The first-order valence-corrected chi connectivity index (χ1v) is 8.96. The highest BCUT2D eigenvalue weighted by Gasteiger charge is 2.04. The Labute approximate surface area is 154 Å². The van der Waals surface area contributed by atoms with Gasteiger partial charge in [0.05, 0.1) is 12.8 Å². The summed E-state index contributed by atoms with van der Waals surface area (Å²) in [5.41, 5.74) is 3.52. The molecule has 0 aliphatic rings. The van der Waals surface area contributed by atoms with E-state index in [-0.39, 0.29) is 0 Å². The van der Waals surface area contributed by atoms with Crippen LogP contribution in [0, 0.1) is 0 Å². The van der Waals surface area contributed by atoms with E-state index in [0.29, 0.717) is 6.54 Å². The molecule has 136 valence electrons. The number of fused-ring (bicyclic) bond motifs is 1. The van der Waals surface area contributed by atoms with Gasteiger partial charge in [-0.1, -0.05) is 30.4 Å². The van der Waals surface area contributed by atoms with Crippen molar-refractivity contribution in [2.24, 2.45) is 4.99 Å². The second-order valence-electron chi connectivity index (χ2n) is 6.41. The summed E-state index contributed by atoms with van der Waals surface area (Å²) in [6.07, 6.45) is 5.53. The minimum absolute atomic E-state index is 0.614. The third-order valence-electron chi connectivity index (χ3n) is 4.11. The summed E-state index contributed by atoms with van der Waals surface area (Å²) in [6, 6.07) is 12.3. The van der Waals surface area contributed by atoms with E-state index in [4.69, 9.17) is 4.42 Å². The fraction of sp³-hybridized carbons (Fsp3) is 0.286. The molecule has 26 heavy (non-hydrogen) atoms. The zero-order valence-corrected chi connectivity index (χ0v) is 15.2. The van der Waals surface area contributed by atoms with Gasteiger partial charge in [0.1, 0.15) is 5.76 Å². The van der Waals surface area contributed by atoms with Crippen molar-refractivity contribution >= 4 is 16.9 Å². The van der Waals surface area contributed by atoms with Gasteiger partial charge < -0.3 is 20.0 Å². The Balaban J connectivity index is 1.53. The number of para-hydroxylation sites is 1. The van der Waals surface area contributed by atoms with Crippen molar-refractivity contribution in [3.05, 3.63) is 72.3 Å². The molecule has 0 aliphatic heterocycles. The highest BCUT2D eigenvalue weighted by Crippen LogP contribution is 2.17. The number of hydrogen-bond acceptors (Lipinski definition) is 2. The van der Waals surface area contributed by atoms with Crippen LogP contribution in [0.5, 0.6) is 0 Å². The second kappa shape index (κ2) is 8.94. The summed E-state index contributed by atoms with van der Waals surface area (Å²) in [7, 11) is 0. The molecule has 0 spiro atoms. The summed E-state index contributed by atoms with van der Waals surface area (Å²) in [5, 5.41) is 8.05. The van der Waals surface area contributed by atoms with Crippen LogP contribution >= 0.6 is 0 Å². The first-order valence-electron chi connectivity index (χ1n) is 8.96. The van der Waals surface area contributed by atoms with Gasteiger partial charge in [0, 0.05) is 36.6 Å². The average molecular weight is 350 g/mol. The van der Waals surface area contributed by atoms with Gasteiger partial charge in [-0.15, -0.1) is 0 Å². The molecule has 5 nitrogen and oxygen atoms in total. The van der Waals surface area contributed by atoms with Crippen molar-refractivity contribution in [1.82, 2.24) is 15.6 Å². The molecular formula is C21H26N4O. The summed E-state index contributed by atoms with van der Waals surface area (Å²) >= 11 is 0. The quantitative estimate of drug-likeness (QED) is 0.330. The van der Waals surface area contributed by atoms with Crippen LogP contribution in [0.1, 0.15) is 18.2 Å². The van der Waals surface area contributed by atoms with E-state index in [1.165, 1.54) is 16.5 Å². The third-order valence-corrected chi connectivity index (χ3v) is 4.11.